The Balaban J connectivity index is 1.57. The van der Waals surface area contributed by atoms with Gasteiger partial charge in [-0.05, 0) is 127 Å². The average Bonchev–Trinajstić information content (AvgIpc) is 3.07. The molecule has 32 heavy (non-hydrogen) atoms. The maximum Gasteiger partial charge on any atom is 0.0596 e. The predicted octanol–water partition coefficient (Wildman–Crippen LogP) is 8.41. The lowest BCUT2D eigenvalue weighted by Crippen LogP contribution is -2.69. The van der Waals surface area contributed by atoms with E-state index >= 15 is 0 Å². The molecule has 0 amide bonds. The molecule has 0 aliphatic heterocycles. The van der Waals surface area contributed by atoms with Crippen LogP contribution in [-0.4, -0.2) is 11.2 Å². The Morgan fingerprint density at radius 2 is 1.38 bits per heavy atom. The van der Waals surface area contributed by atoms with Crippen LogP contribution in [0.1, 0.15) is 120 Å². The molecule has 1 heteroatoms. The summed E-state index contributed by atoms with van der Waals surface area (Å²) in [4.78, 5) is 0. The number of aliphatic hydroxyl groups is 1. The van der Waals surface area contributed by atoms with Crippen LogP contribution in [0.15, 0.2) is 12.2 Å². The molecule has 0 unspecified atom stereocenters. The maximum absolute atomic E-state index is 11.1. The van der Waals surface area contributed by atoms with E-state index in [-0.39, 0.29) is 16.9 Å². The van der Waals surface area contributed by atoms with Crippen LogP contribution in [0.5, 0.6) is 0 Å². The van der Waals surface area contributed by atoms with E-state index in [9.17, 15) is 5.11 Å². The van der Waals surface area contributed by atoms with E-state index in [0.29, 0.717) is 21.7 Å². The van der Waals surface area contributed by atoms with Crippen molar-refractivity contribution in [1.82, 2.24) is 0 Å². The van der Waals surface area contributed by atoms with Crippen LogP contribution in [0.2, 0.25) is 0 Å². The van der Waals surface area contributed by atoms with Gasteiger partial charge in [-0.2, -0.15) is 0 Å². The Bertz CT molecular complexity index is 811. The summed E-state index contributed by atoms with van der Waals surface area (Å²) in [5.41, 5.74) is 3.43. The largest absolute Gasteiger partial charge is 0.393 e. The molecule has 10 atom stereocenters. The molecule has 0 bridgehead atoms. The predicted molar refractivity (Wildman–Crippen MR) is 135 cm³/mol. The highest BCUT2D eigenvalue weighted by Gasteiger charge is 2.73. The SMILES string of the molecule is C=C(C)[C@@H]1CC[C@]2(C)CC[C@]3(C)[C@H](CC[C@@H]4[C@@]5(C)CC[C@H](O)C(C)(C)[C@]5(C)CC[C@]43C)[C@@H]12. The Kier molecular flexibility index (Phi) is 4.89. The molecule has 5 rings (SSSR count). The van der Waals surface area contributed by atoms with Gasteiger partial charge in [0.1, 0.15) is 0 Å². The smallest absolute Gasteiger partial charge is 0.0596 e. The third-order valence-electron chi connectivity index (χ3n) is 14.6. The molecule has 1 N–H and O–H groups in total. The Morgan fingerprint density at radius 3 is 2.03 bits per heavy atom. The first-order valence-corrected chi connectivity index (χ1v) is 14.0. The molecule has 0 aromatic rings. The van der Waals surface area contributed by atoms with E-state index in [4.69, 9.17) is 0 Å². The van der Waals surface area contributed by atoms with Crippen LogP contribution < -0.4 is 0 Å². The first kappa shape index (κ1) is 23.4. The van der Waals surface area contributed by atoms with Crippen LogP contribution in [0, 0.1) is 56.2 Å². The fraction of sp³-hybridized carbons (Fsp3) is 0.935. The first-order valence-electron chi connectivity index (χ1n) is 14.0. The fourth-order valence-corrected chi connectivity index (χ4v) is 11.7. The van der Waals surface area contributed by atoms with Gasteiger partial charge in [0.15, 0.2) is 0 Å². The summed E-state index contributed by atoms with van der Waals surface area (Å²) in [7, 11) is 0. The van der Waals surface area contributed by atoms with E-state index in [1.807, 2.05) is 0 Å². The second kappa shape index (κ2) is 6.67. The van der Waals surface area contributed by atoms with Gasteiger partial charge in [-0.3, -0.25) is 0 Å². The fourth-order valence-electron chi connectivity index (χ4n) is 11.7. The lowest BCUT2D eigenvalue weighted by atomic mass is 9.29. The highest BCUT2D eigenvalue weighted by Crippen LogP contribution is 2.79. The van der Waals surface area contributed by atoms with Gasteiger partial charge in [0, 0.05) is 0 Å². The number of hydrogen-bond acceptors (Lipinski definition) is 1. The summed E-state index contributed by atoms with van der Waals surface area (Å²) in [6.07, 6.45) is 13.2. The van der Waals surface area contributed by atoms with Gasteiger partial charge in [-0.15, -0.1) is 0 Å². The Hall–Kier alpha value is -0.300. The van der Waals surface area contributed by atoms with E-state index in [1.165, 1.54) is 63.4 Å². The second-order valence-corrected chi connectivity index (χ2v) is 15.3. The van der Waals surface area contributed by atoms with Gasteiger partial charge in [-0.25, -0.2) is 0 Å². The van der Waals surface area contributed by atoms with Crippen LogP contribution in [-0.2, 0) is 0 Å². The number of hydrogen-bond donors (Lipinski definition) is 1. The number of rotatable bonds is 1. The van der Waals surface area contributed by atoms with Crippen molar-refractivity contribution in [3.05, 3.63) is 12.2 Å². The first-order chi connectivity index (χ1) is 14.7. The molecule has 5 aliphatic rings. The quantitative estimate of drug-likeness (QED) is 0.406. The van der Waals surface area contributed by atoms with Crippen molar-refractivity contribution in [3.8, 4) is 0 Å². The highest BCUT2D eigenvalue weighted by atomic mass is 16.3. The zero-order valence-electron chi connectivity index (χ0n) is 22.6. The molecular formula is C31H52O. The van der Waals surface area contributed by atoms with Crippen molar-refractivity contribution >= 4 is 0 Å². The lowest BCUT2D eigenvalue weighted by molar-refractivity contribution is -0.279. The topological polar surface area (TPSA) is 20.2 Å². The molecule has 5 fully saturated rings. The average molecular weight is 441 g/mol. The highest BCUT2D eigenvalue weighted by molar-refractivity contribution is 5.23. The van der Waals surface area contributed by atoms with Crippen LogP contribution >= 0.6 is 0 Å². The normalized spacial score (nSPS) is 58.8. The monoisotopic (exact) mass is 440 g/mol. The van der Waals surface area contributed by atoms with Gasteiger partial charge in [-0.1, -0.05) is 60.6 Å². The van der Waals surface area contributed by atoms with Crippen molar-refractivity contribution in [3.63, 3.8) is 0 Å². The molecular weight excluding hydrogens is 388 g/mol. The molecule has 5 aliphatic carbocycles. The molecule has 0 spiro atoms. The molecule has 0 aromatic carbocycles. The van der Waals surface area contributed by atoms with E-state index in [2.05, 4.69) is 62.0 Å². The second-order valence-electron chi connectivity index (χ2n) is 15.3. The van der Waals surface area contributed by atoms with E-state index < -0.39 is 0 Å². The minimum absolute atomic E-state index is 0.000715. The van der Waals surface area contributed by atoms with Crippen molar-refractivity contribution in [1.29, 1.82) is 0 Å². The zero-order valence-corrected chi connectivity index (χ0v) is 22.6. The lowest BCUT2D eigenvalue weighted by Gasteiger charge is -2.75. The van der Waals surface area contributed by atoms with Crippen molar-refractivity contribution in [2.75, 3.05) is 0 Å². The van der Waals surface area contributed by atoms with Crippen molar-refractivity contribution < 1.29 is 5.11 Å². The maximum atomic E-state index is 11.1. The number of aliphatic hydroxyl groups excluding tert-OH is 1. The van der Waals surface area contributed by atoms with Gasteiger partial charge < -0.3 is 5.11 Å². The molecule has 0 aromatic heterocycles. The third kappa shape index (κ3) is 2.46. The molecule has 182 valence electrons. The van der Waals surface area contributed by atoms with Gasteiger partial charge in [0.2, 0.25) is 0 Å². The minimum Gasteiger partial charge on any atom is -0.393 e. The summed E-state index contributed by atoms with van der Waals surface area (Å²) < 4.78 is 0. The summed E-state index contributed by atoms with van der Waals surface area (Å²) in [6, 6.07) is 0. The van der Waals surface area contributed by atoms with E-state index in [1.54, 1.807) is 0 Å². The molecule has 0 radical (unpaired) electrons. The summed E-state index contributed by atoms with van der Waals surface area (Å²) in [5.74, 6) is 3.25. The van der Waals surface area contributed by atoms with Gasteiger partial charge in [0.05, 0.1) is 6.10 Å². The molecule has 0 saturated heterocycles. The molecule has 0 heterocycles. The standard InChI is InChI=1S/C31H52O/c1-20(2)21-12-14-27(5)16-17-28(6)22(25(21)27)10-11-23-29(28,7)18-19-31(9)26(3,4)24(32)13-15-30(23,31)8/h21-25,32H,1,10-19H2,2-9H3/t21-,22+,23-,24-,25+,27+,28+,29+,30+,31-/m0/s1. The van der Waals surface area contributed by atoms with Crippen LogP contribution in [0.25, 0.3) is 0 Å². The Labute approximate surface area is 199 Å². The van der Waals surface area contributed by atoms with Crippen molar-refractivity contribution in [2.24, 2.45) is 56.2 Å². The summed E-state index contributed by atoms with van der Waals surface area (Å²) >= 11 is 0. The zero-order chi connectivity index (χ0) is 23.5. The molecule has 5 saturated carbocycles. The van der Waals surface area contributed by atoms with Gasteiger partial charge in [0.25, 0.3) is 0 Å². The Morgan fingerprint density at radius 1 is 0.719 bits per heavy atom. The number of allylic oxidation sites excluding steroid dienone is 1. The summed E-state index contributed by atoms with van der Waals surface area (Å²) in [5, 5.41) is 11.1. The molecule has 1 nitrogen and oxygen atoms in total. The van der Waals surface area contributed by atoms with Crippen LogP contribution in [0.3, 0.4) is 0 Å². The minimum atomic E-state index is -0.151. The third-order valence-corrected chi connectivity index (χ3v) is 14.6. The number of fused-ring (bicyclic) bond motifs is 7. The van der Waals surface area contributed by atoms with Crippen LogP contribution in [0.4, 0.5) is 0 Å². The summed E-state index contributed by atoms with van der Waals surface area (Å²) in [6.45, 7) is 24.9. The van der Waals surface area contributed by atoms with Crippen molar-refractivity contribution in [2.45, 2.75) is 126 Å². The van der Waals surface area contributed by atoms with E-state index in [0.717, 1.165) is 30.1 Å². The van der Waals surface area contributed by atoms with Gasteiger partial charge >= 0.3 is 0 Å².